The number of amides is 1. The second kappa shape index (κ2) is 12.7. The van der Waals surface area contributed by atoms with Crippen LogP contribution in [0.3, 0.4) is 0 Å². The average Bonchev–Trinajstić information content (AvgIpc) is 3.51. The molecule has 3 aromatic rings. The molecule has 0 radical (unpaired) electrons. The zero-order valence-electron chi connectivity index (χ0n) is 24.7. The van der Waals surface area contributed by atoms with E-state index in [1.54, 1.807) is 30.2 Å². The van der Waals surface area contributed by atoms with Gasteiger partial charge < -0.3 is 29.1 Å². The normalized spacial score (nSPS) is 19.2. The summed E-state index contributed by atoms with van der Waals surface area (Å²) >= 11 is 0. The highest BCUT2D eigenvalue weighted by Crippen LogP contribution is 2.42. The number of nitrogens with one attached hydrogen (secondary N) is 1. The number of Topliss-reactive ketones (excluding diaryl/α,β-unsaturated/α-hetero) is 1. The molecular formula is C34H39N2O6+. The summed E-state index contributed by atoms with van der Waals surface area (Å²) in [6.07, 6.45) is 0.753. The fourth-order valence-electron chi connectivity index (χ4n) is 5.77. The van der Waals surface area contributed by atoms with Gasteiger partial charge in [-0.15, -0.1) is 0 Å². The molecule has 0 aromatic heterocycles. The Morgan fingerprint density at radius 1 is 1.02 bits per heavy atom. The lowest BCUT2D eigenvalue weighted by atomic mass is 9.94. The van der Waals surface area contributed by atoms with Crippen molar-refractivity contribution in [2.45, 2.75) is 45.9 Å². The van der Waals surface area contributed by atoms with Gasteiger partial charge in [-0.25, -0.2) is 0 Å². The number of likely N-dealkylation sites (tertiary alicyclic amines) is 1. The van der Waals surface area contributed by atoms with Gasteiger partial charge in [0, 0.05) is 12.0 Å². The van der Waals surface area contributed by atoms with Crippen molar-refractivity contribution in [2.24, 2.45) is 0 Å². The SMILES string of the molecule is CC[NH+](CC)CCN1C(=O)C(=O)C(=C(O)c2ccc3c(c2)C[C@H](C)O3)[C@@H]1c1ccc(OCc2ccccc2)c(OC)c1. The largest absolute Gasteiger partial charge is 0.507 e. The molecule has 1 saturated heterocycles. The van der Waals surface area contributed by atoms with Crippen molar-refractivity contribution in [3.05, 3.63) is 94.6 Å². The second-order valence-corrected chi connectivity index (χ2v) is 10.8. The molecule has 220 valence electrons. The van der Waals surface area contributed by atoms with E-state index in [1.165, 1.54) is 4.90 Å². The lowest BCUT2D eigenvalue weighted by molar-refractivity contribution is -0.895. The first-order valence-corrected chi connectivity index (χ1v) is 14.6. The maximum Gasteiger partial charge on any atom is 0.295 e. The minimum absolute atomic E-state index is 0.0423. The number of aliphatic hydroxyl groups excluding tert-OH is 1. The van der Waals surface area contributed by atoms with Crippen LogP contribution >= 0.6 is 0 Å². The summed E-state index contributed by atoms with van der Waals surface area (Å²) in [7, 11) is 1.56. The van der Waals surface area contributed by atoms with Gasteiger partial charge in [-0.2, -0.15) is 0 Å². The third-order valence-corrected chi connectivity index (χ3v) is 8.16. The highest BCUT2D eigenvalue weighted by molar-refractivity contribution is 6.46. The summed E-state index contributed by atoms with van der Waals surface area (Å²) < 4.78 is 17.6. The number of fused-ring (bicyclic) bond motifs is 1. The maximum atomic E-state index is 13.6. The second-order valence-electron chi connectivity index (χ2n) is 10.8. The molecule has 2 heterocycles. The molecule has 1 fully saturated rings. The Balaban J connectivity index is 1.54. The van der Waals surface area contributed by atoms with E-state index in [2.05, 4.69) is 13.8 Å². The first kappa shape index (κ1) is 29.2. The number of ether oxygens (including phenoxy) is 3. The number of ketones is 1. The number of aliphatic hydroxyl groups is 1. The van der Waals surface area contributed by atoms with Crippen molar-refractivity contribution in [3.63, 3.8) is 0 Å². The number of nitrogens with zero attached hydrogens (tertiary/aromatic N) is 1. The number of rotatable bonds is 11. The first-order valence-electron chi connectivity index (χ1n) is 14.6. The number of quaternary nitrogens is 1. The van der Waals surface area contributed by atoms with Crippen molar-refractivity contribution in [1.82, 2.24) is 4.90 Å². The van der Waals surface area contributed by atoms with Crippen LogP contribution in [0.25, 0.3) is 5.76 Å². The first-order chi connectivity index (χ1) is 20.3. The van der Waals surface area contributed by atoms with Gasteiger partial charge in [0.05, 0.1) is 44.9 Å². The van der Waals surface area contributed by atoms with Gasteiger partial charge in [0.15, 0.2) is 11.5 Å². The van der Waals surface area contributed by atoms with Gasteiger partial charge in [0.1, 0.15) is 24.2 Å². The van der Waals surface area contributed by atoms with E-state index in [9.17, 15) is 14.7 Å². The van der Waals surface area contributed by atoms with Crippen LogP contribution in [0, 0.1) is 0 Å². The van der Waals surface area contributed by atoms with E-state index < -0.39 is 17.7 Å². The highest BCUT2D eigenvalue weighted by Gasteiger charge is 2.46. The van der Waals surface area contributed by atoms with Crippen molar-refractivity contribution < 1.29 is 33.8 Å². The molecule has 0 bridgehead atoms. The summed E-state index contributed by atoms with van der Waals surface area (Å²) in [5, 5.41) is 11.6. The van der Waals surface area contributed by atoms with Crippen LogP contribution < -0.4 is 19.1 Å². The molecule has 2 N–H and O–H groups in total. The third-order valence-electron chi connectivity index (χ3n) is 8.16. The van der Waals surface area contributed by atoms with Crippen molar-refractivity contribution in [2.75, 3.05) is 33.3 Å². The Kier molecular flexibility index (Phi) is 8.83. The van der Waals surface area contributed by atoms with E-state index in [1.807, 2.05) is 55.5 Å². The molecule has 42 heavy (non-hydrogen) atoms. The lowest BCUT2D eigenvalue weighted by Crippen LogP contribution is -3.12. The van der Waals surface area contributed by atoms with Crippen LogP contribution in [0.4, 0.5) is 0 Å². The Labute approximate surface area is 247 Å². The summed E-state index contributed by atoms with van der Waals surface area (Å²) in [6, 6.07) is 19.9. The Morgan fingerprint density at radius 3 is 2.50 bits per heavy atom. The highest BCUT2D eigenvalue weighted by atomic mass is 16.5. The number of hydrogen-bond acceptors (Lipinski definition) is 6. The zero-order chi connectivity index (χ0) is 29.8. The van der Waals surface area contributed by atoms with E-state index in [0.29, 0.717) is 48.7 Å². The molecule has 2 atom stereocenters. The molecule has 2 aliphatic heterocycles. The molecular weight excluding hydrogens is 532 g/mol. The predicted molar refractivity (Wildman–Crippen MR) is 160 cm³/mol. The molecule has 2 aliphatic rings. The lowest BCUT2D eigenvalue weighted by Gasteiger charge is -2.27. The van der Waals surface area contributed by atoms with Crippen LogP contribution in [0.5, 0.6) is 17.2 Å². The minimum Gasteiger partial charge on any atom is -0.507 e. The van der Waals surface area contributed by atoms with Crippen LogP contribution in [0.1, 0.15) is 49.1 Å². The van der Waals surface area contributed by atoms with E-state index in [-0.39, 0.29) is 17.4 Å². The van der Waals surface area contributed by atoms with Gasteiger partial charge >= 0.3 is 0 Å². The van der Waals surface area contributed by atoms with Gasteiger partial charge in [0.25, 0.3) is 11.7 Å². The quantitative estimate of drug-likeness (QED) is 0.206. The molecule has 0 aliphatic carbocycles. The monoisotopic (exact) mass is 571 g/mol. The van der Waals surface area contributed by atoms with Crippen molar-refractivity contribution in [1.29, 1.82) is 0 Å². The van der Waals surface area contributed by atoms with Crippen LogP contribution in [0.2, 0.25) is 0 Å². The van der Waals surface area contributed by atoms with Gasteiger partial charge in [-0.05, 0) is 67.8 Å². The van der Waals surface area contributed by atoms with Gasteiger partial charge in [-0.1, -0.05) is 36.4 Å². The summed E-state index contributed by atoms with van der Waals surface area (Å²) in [4.78, 5) is 29.9. The third kappa shape index (κ3) is 5.85. The van der Waals surface area contributed by atoms with Gasteiger partial charge in [0.2, 0.25) is 0 Å². The molecule has 0 saturated carbocycles. The average molecular weight is 572 g/mol. The summed E-state index contributed by atoms with van der Waals surface area (Å²) in [5.74, 6) is 0.292. The van der Waals surface area contributed by atoms with E-state index in [0.717, 1.165) is 30.0 Å². The van der Waals surface area contributed by atoms with Crippen LogP contribution in [-0.2, 0) is 22.6 Å². The number of methoxy groups -OCH3 is 1. The van der Waals surface area contributed by atoms with E-state index in [4.69, 9.17) is 14.2 Å². The predicted octanol–water partition coefficient (Wildman–Crippen LogP) is 3.94. The molecule has 1 amide bonds. The summed E-state index contributed by atoms with van der Waals surface area (Å²) in [6.45, 7) is 9.41. The van der Waals surface area contributed by atoms with Crippen molar-refractivity contribution >= 4 is 17.4 Å². The molecule has 8 heteroatoms. The molecule has 0 unspecified atom stereocenters. The Morgan fingerprint density at radius 2 is 1.79 bits per heavy atom. The van der Waals surface area contributed by atoms with Crippen LogP contribution in [0.15, 0.2) is 72.3 Å². The fourth-order valence-corrected chi connectivity index (χ4v) is 5.77. The van der Waals surface area contributed by atoms with Crippen molar-refractivity contribution in [3.8, 4) is 17.2 Å². The zero-order valence-corrected chi connectivity index (χ0v) is 24.7. The van der Waals surface area contributed by atoms with E-state index >= 15 is 0 Å². The van der Waals surface area contributed by atoms with Gasteiger partial charge in [-0.3, -0.25) is 9.59 Å². The maximum absolute atomic E-state index is 13.6. The number of carbonyl (C=O) groups is 2. The number of likely N-dealkylation sites (N-methyl/N-ethyl adjacent to an activating group) is 1. The topological polar surface area (TPSA) is 89.7 Å². The number of benzene rings is 3. The number of hydrogen-bond donors (Lipinski definition) is 2. The molecule has 5 rings (SSSR count). The molecule has 8 nitrogen and oxygen atoms in total. The minimum atomic E-state index is -0.777. The fraction of sp³-hybridized carbons (Fsp3) is 0.353. The van der Waals surface area contributed by atoms with Crippen LogP contribution in [-0.4, -0.2) is 61.1 Å². The standard InChI is InChI=1S/C34H38N2O6/c1-5-35(6-2)16-17-36-31(24-12-15-28(29(20-24)40-4)41-21-23-10-8-7-9-11-23)30(33(38)34(36)39)32(37)25-13-14-27-26(19-25)18-22(3)42-27/h7-15,19-20,22,31,37H,5-6,16-18,21H2,1-4H3/p+1/t22-,31-/m0/s1. The smallest absolute Gasteiger partial charge is 0.295 e. The Bertz CT molecular complexity index is 1480. The number of carbonyl (C=O) groups excluding carboxylic acids is 2. The summed E-state index contributed by atoms with van der Waals surface area (Å²) in [5.41, 5.74) is 3.20. The molecule has 0 spiro atoms. The molecule has 3 aromatic carbocycles. The Hall–Kier alpha value is -4.30.